The Hall–Kier alpha value is -2.12. The van der Waals surface area contributed by atoms with Gasteiger partial charge >= 0.3 is 0 Å². The van der Waals surface area contributed by atoms with Gasteiger partial charge in [-0.3, -0.25) is 0 Å². The van der Waals surface area contributed by atoms with Gasteiger partial charge < -0.3 is 5.11 Å². The van der Waals surface area contributed by atoms with Crippen molar-refractivity contribution in [3.63, 3.8) is 0 Å². The highest BCUT2D eigenvalue weighted by Gasteiger charge is 2.37. The highest BCUT2D eigenvalue weighted by molar-refractivity contribution is 5.88. The van der Waals surface area contributed by atoms with E-state index in [1.807, 2.05) is 6.07 Å². The van der Waals surface area contributed by atoms with Crippen LogP contribution in [0.5, 0.6) is 0 Å². The summed E-state index contributed by atoms with van der Waals surface area (Å²) in [6.45, 7) is 2.11. The second-order valence-corrected chi connectivity index (χ2v) is 6.35. The van der Waals surface area contributed by atoms with Crippen molar-refractivity contribution in [2.75, 3.05) is 0 Å². The first-order chi connectivity index (χ1) is 10.7. The highest BCUT2D eigenvalue weighted by atomic mass is 16.3. The van der Waals surface area contributed by atoms with Gasteiger partial charge in [0, 0.05) is 0 Å². The lowest BCUT2D eigenvalue weighted by atomic mass is 9.72. The van der Waals surface area contributed by atoms with Crippen LogP contribution in [0, 0.1) is 6.92 Å². The number of hydrogen-bond acceptors (Lipinski definition) is 1. The monoisotopic (exact) mass is 288 g/mol. The molecule has 0 aromatic heterocycles. The van der Waals surface area contributed by atoms with E-state index in [1.54, 1.807) is 0 Å². The highest BCUT2D eigenvalue weighted by Crippen LogP contribution is 2.44. The van der Waals surface area contributed by atoms with E-state index in [0.29, 0.717) is 0 Å². The number of rotatable bonds is 1. The first kappa shape index (κ1) is 13.5. The number of aryl methyl sites for hydroxylation is 2. The number of benzene rings is 3. The first-order valence-electron chi connectivity index (χ1n) is 8.00. The minimum Gasteiger partial charge on any atom is -0.380 e. The van der Waals surface area contributed by atoms with Crippen molar-refractivity contribution < 1.29 is 5.11 Å². The maximum Gasteiger partial charge on any atom is 0.116 e. The summed E-state index contributed by atoms with van der Waals surface area (Å²) >= 11 is 0. The van der Waals surface area contributed by atoms with Crippen LogP contribution in [0.15, 0.2) is 60.7 Å². The lowest BCUT2D eigenvalue weighted by Crippen LogP contribution is -2.33. The van der Waals surface area contributed by atoms with E-state index in [-0.39, 0.29) is 0 Å². The van der Waals surface area contributed by atoms with Crippen molar-refractivity contribution in [3.05, 3.63) is 82.9 Å². The van der Waals surface area contributed by atoms with Crippen LogP contribution < -0.4 is 0 Å². The molecular formula is C21H20O. The number of hydrogen-bond donors (Lipinski definition) is 1. The predicted molar refractivity (Wildman–Crippen MR) is 91.1 cm³/mol. The van der Waals surface area contributed by atoms with Gasteiger partial charge in [0.15, 0.2) is 0 Å². The molecule has 0 saturated carbocycles. The third-order valence-corrected chi connectivity index (χ3v) is 5.00. The molecule has 0 amide bonds. The largest absolute Gasteiger partial charge is 0.380 e. The Morgan fingerprint density at radius 1 is 0.909 bits per heavy atom. The van der Waals surface area contributed by atoms with E-state index in [0.717, 1.165) is 36.0 Å². The van der Waals surface area contributed by atoms with E-state index in [4.69, 9.17) is 0 Å². The molecule has 0 aliphatic heterocycles. The van der Waals surface area contributed by atoms with Crippen molar-refractivity contribution in [1.29, 1.82) is 0 Å². The molecule has 110 valence electrons. The average molecular weight is 288 g/mol. The molecule has 0 saturated heterocycles. The standard InChI is InChI=1S/C21H20O/c1-15-12-13-16-7-2-4-10-18(16)20(15)21(22)14-6-9-17-8-3-5-11-19(17)21/h2-5,7-8,10-13,22H,6,9,14H2,1H3/t21-/m1/s1. The zero-order valence-corrected chi connectivity index (χ0v) is 12.8. The third kappa shape index (κ3) is 1.89. The Morgan fingerprint density at radius 3 is 2.59 bits per heavy atom. The quantitative estimate of drug-likeness (QED) is 0.687. The van der Waals surface area contributed by atoms with E-state index in [9.17, 15) is 5.11 Å². The van der Waals surface area contributed by atoms with Gasteiger partial charge in [-0.05, 0) is 59.2 Å². The Bertz CT molecular complexity index is 849. The van der Waals surface area contributed by atoms with Gasteiger partial charge in [-0.15, -0.1) is 0 Å². The summed E-state index contributed by atoms with van der Waals surface area (Å²) in [5.41, 5.74) is 3.74. The minimum atomic E-state index is -0.875. The lowest BCUT2D eigenvalue weighted by Gasteiger charge is -2.37. The van der Waals surface area contributed by atoms with Crippen LogP contribution in [-0.4, -0.2) is 5.11 Å². The van der Waals surface area contributed by atoms with Gasteiger partial charge in [0.1, 0.15) is 5.60 Å². The Kier molecular flexibility index (Phi) is 3.05. The molecule has 1 nitrogen and oxygen atoms in total. The second kappa shape index (κ2) is 4.96. The van der Waals surface area contributed by atoms with E-state index < -0.39 is 5.60 Å². The van der Waals surface area contributed by atoms with Crippen molar-refractivity contribution in [2.45, 2.75) is 31.8 Å². The van der Waals surface area contributed by atoms with Gasteiger partial charge in [-0.1, -0.05) is 60.7 Å². The summed E-state index contributed by atoms with van der Waals surface area (Å²) in [6, 6.07) is 21.0. The molecular weight excluding hydrogens is 268 g/mol. The first-order valence-corrected chi connectivity index (χ1v) is 8.00. The molecule has 0 radical (unpaired) electrons. The fourth-order valence-electron chi connectivity index (χ4n) is 4.00. The maximum atomic E-state index is 11.7. The van der Waals surface area contributed by atoms with Crippen LogP contribution >= 0.6 is 0 Å². The molecule has 0 heterocycles. The fraction of sp³-hybridized carbons (Fsp3) is 0.238. The molecule has 1 aliphatic carbocycles. The average Bonchev–Trinajstić information content (AvgIpc) is 2.55. The van der Waals surface area contributed by atoms with E-state index in [1.165, 1.54) is 16.3 Å². The third-order valence-electron chi connectivity index (χ3n) is 5.00. The molecule has 0 fully saturated rings. The van der Waals surface area contributed by atoms with E-state index in [2.05, 4.69) is 61.5 Å². The second-order valence-electron chi connectivity index (χ2n) is 6.35. The Morgan fingerprint density at radius 2 is 1.68 bits per heavy atom. The van der Waals surface area contributed by atoms with E-state index >= 15 is 0 Å². The summed E-state index contributed by atoms with van der Waals surface area (Å²) in [4.78, 5) is 0. The zero-order chi connectivity index (χ0) is 15.2. The van der Waals surface area contributed by atoms with Gasteiger partial charge in [0.2, 0.25) is 0 Å². The molecule has 1 atom stereocenters. The normalized spacial score (nSPS) is 20.8. The molecule has 22 heavy (non-hydrogen) atoms. The summed E-state index contributed by atoms with van der Waals surface area (Å²) in [6.07, 6.45) is 2.87. The van der Waals surface area contributed by atoms with Crippen molar-refractivity contribution >= 4 is 10.8 Å². The molecule has 1 N–H and O–H groups in total. The molecule has 3 aromatic carbocycles. The van der Waals surface area contributed by atoms with Crippen molar-refractivity contribution in [1.82, 2.24) is 0 Å². The van der Waals surface area contributed by atoms with Crippen LogP contribution in [0.25, 0.3) is 10.8 Å². The summed E-state index contributed by atoms with van der Waals surface area (Å²) < 4.78 is 0. The van der Waals surface area contributed by atoms with Crippen LogP contribution in [-0.2, 0) is 12.0 Å². The van der Waals surface area contributed by atoms with Crippen molar-refractivity contribution in [3.8, 4) is 0 Å². The van der Waals surface area contributed by atoms with Gasteiger partial charge in [0.05, 0.1) is 0 Å². The SMILES string of the molecule is Cc1ccc2ccccc2c1[C@@]1(O)CCCc2ccccc21. The molecule has 1 aliphatic rings. The van der Waals surface area contributed by atoms with Crippen LogP contribution in [0.2, 0.25) is 0 Å². The summed E-state index contributed by atoms with van der Waals surface area (Å²) in [5, 5.41) is 14.0. The summed E-state index contributed by atoms with van der Waals surface area (Å²) in [7, 11) is 0. The smallest absolute Gasteiger partial charge is 0.116 e. The maximum absolute atomic E-state index is 11.7. The topological polar surface area (TPSA) is 20.2 Å². The number of fused-ring (bicyclic) bond motifs is 2. The van der Waals surface area contributed by atoms with Crippen LogP contribution in [0.4, 0.5) is 0 Å². The van der Waals surface area contributed by atoms with Gasteiger partial charge in [-0.2, -0.15) is 0 Å². The fourth-order valence-corrected chi connectivity index (χ4v) is 4.00. The number of aliphatic hydroxyl groups is 1. The minimum absolute atomic E-state index is 0.791. The van der Waals surface area contributed by atoms with Crippen LogP contribution in [0.1, 0.15) is 35.1 Å². The van der Waals surface area contributed by atoms with Gasteiger partial charge in [0.25, 0.3) is 0 Å². The lowest BCUT2D eigenvalue weighted by molar-refractivity contribution is 0.0625. The molecule has 1 heteroatoms. The Labute approximate surface area is 131 Å². The predicted octanol–water partition coefficient (Wildman–Crippen LogP) is 4.72. The molecule has 0 bridgehead atoms. The zero-order valence-electron chi connectivity index (χ0n) is 12.8. The molecule has 4 rings (SSSR count). The van der Waals surface area contributed by atoms with Crippen molar-refractivity contribution in [2.24, 2.45) is 0 Å². The summed E-state index contributed by atoms with van der Waals surface area (Å²) in [5.74, 6) is 0. The molecule has 0 unspecified atom stereocenters. The Balaban J connectivity index is 2.06. The van der Waals surface area contributed by atoms with Crippen LogP contribution in [0.3, 0.4) is 0 Å². The molecule has 0 spiro atoms. The van der Waals surface area contributed by atoms with Gasteiger partial charge in [-0.25, -0.2) is 0 Å². The molecule has 3 aromatic rings.